The molecular formula is C23H27Cl3FN3O. The quantitative estimate of drug-likeness (QED) is 0.379. The van der Waals surface area contributed by atoms with Crippen molar-refractivity contribution >= 4 is 52.1 Å². The van der Waals surface area contributed by atoms with E-state index in [2.05, 4.69) is 4.90 Å². The lowest BCUT2D eigenvalue weighted by Crippen LogP contribution is -2.42. The van der Waals surface area contributed by atoms with Crippen molar-refractivity contribution in [3.05, 3.63) is 56.8 Å². The highest BCUT2D eigenvalue weighted by Gasteiger charge is 2.37. The smallest absolute Gasteiger partial charge is 0.228 e. The van der Waals surface area contributed by atoms with Gasteiger partial charge in [0.2, 0.25) is 5.91 Å². The summed E-state index contributed by atoms with van der Waals surface area (Å²) in [4.78, 5) is 17.0. The van der Waals surface area contributed by atoms with Crippen LogP contribution in [0, 0.1) is 11.2 Å². The molecule has 0 aromatic heterocycles. The van der Waals surface area contributed by atoms with Gasteiger partial charge in [0.15, 0.2) is 0 Å². The van der Waals surface area contributed by atoms with Crippen molar-refractivity contribution in [3.63, 3.8) is 0 Å². The largest absolute Gasteiger partial charge is 0.398 e. The lowest BCUT2D eigenvalue weighted by Gasteiger charge is -2.33. The number of anilines is 2. The first-order chi connectivity index (χ1) is 14.5. The zero-order valence-electron chi connectivity index (χ0n) is 17.9. The minimum absolute atomic E-state index is 0.0183. The zero-order chi connectivity index (χ0) is 22.9. The highest BCUT2D eigenvalue weighted by Crippen LogP contribution is 2.34. The first kappa shape index (κ1) is 24.0. The normalized spacial score (nSPS) is 16.6. The van der Waals surface area contributed by atoms with Gasteiger partial charge in [-0.25, -0.2) is 4.39 Å². The van der Waals surface area contributed by atoms with Gasteiger partial charge in [0.05, 0.1) is 15.7 Å². The molecule has 0 saturated carbocycles. The number of halogens is 4. The van der Waals surface area contributed by atoms with E-state index in [0.29, 0.717) is 40.9 Å². The number of hydrogen-bond donors (Lipinski definition) is 1. The Labute approximate surface area is 198 Å². The average Bonchev–Trinajstić information content (AvgIpc) is 3.21. The SMILES string of the molecule is CCC(C)(C)C(=O)N1CC[C@H](N(Cc2cc(F)c(Cl)cc2Cl)c2ccc(N)c(Cl)c2)C1. The Morgan fingerprint density at radius 1 is 1.19 bits per heavy atom. The van der Waals surface area contributed by atoms with Gasteiger partial charge < -0.3 is 15.5 Å². The van der Waals surface area contributed by atoms with Gasteiger partial charge in [-0.3, -0.25) is 4.79 Å². The Morgan fingerprint density at radius 2 is 1.90 bits per heavy atom. The number of carbonyl (C=O) groups excluding carboxylic acids is 1. The molecule has 31 heavy (non-hydrogen) atoms. The van der Waals surface area contributed by atoms with Crippen LogP contribution in [0.2, 0.25) is 15.1 Å². The number of benzene rings is 2. The predicted octanol–water partition coefficient (Wildman–Crippen LogP) is 6.41. The van der Waals surface area contributed by atoms with Crippen molar-refractivity contribution in [2.45, 2.75) is 46.2 Å². The van der Waals surface area contributed by atoms with Crippen LogP contribution in [0.4, 0.5) is 15.8 Å². The van der Waals surface area contributed by atoms with Crippen molar-refractivity contribution in [2.75, 3.05) is 23.7 Å². The molecule has 0 radical (unpaired) electrons. The number of amides is 1. The molecule has 8 heteroatoms. The van der Waals surface area contributed by atoms with E-state index >= 15 is 0 Å². The molecule has 1 heterocycles. The topological polar surface area (TPSA) is 49.6 Å². The van der Waals surface area contributed by atoms with Crippen molar-refractivity contribution < 1.29 is 9.18 Å². The third-order valence-electron chi connectivity index (χ3n) is 6.10. The number of carbonyl (C=O) groups is 1. The molecule has 1 aliphatic rings. The molecule has 1 atom stereocenters. The molecule has 168 valence electrons. The Kier molecular flexibility index (Phi) is 7.29. The monoisotopic (exact) mass is 485 g/mol. The second-order valence-corrected chi connectivity index (χ2v) is 9.84. The summed E-state index contributed by atoms with van der Waals surface area (Å²) in [6, 6.07) is 8.20. The van der Waals surface area contributed by atoms with Crippen LogP contribution >= 0.6 is 34.8 Å². The number of rotatable bonds is 6. The highest BCUT2D eigenvalue weighted by molar-refractivity contribution is 6.35. The molecular weight excluding hydrogens is 460 g/mol. The summed E-state index contributed by atoms with van der Waals surface area (Å²) in [5, 5.41) is 0.806. The Bertz CT molecular complexity index is 983. The molecule has 4 nitrogen and oxygen atoms in total. The van der Waals surface area contributed by atoms with E-state index in [1.807, 2.05) is 31.7 Å². The maximum atomic E-state index is 14.1. The second-order valence-electron chi connectivity index (χ2n) is 8.62. The number of nitrogen functional groups attached to an aromatic ring is 1. The van der Waals surface area contributed by atoms with Crippen LogP contribution in [0.25, 0.3) is 0 Å². The average molecular weight is 487 g/mol. The van der Waals surface area contributed by atoms with Gasteiger partial charge in [-0.05, 0) is 48.7 Å². The van der Waals surface area contributed by atoms with Gasteiger partial charge in [-0.2, -0.15) is 0 Å². The molecule has 1 amide bonds. The molecule has 0 unspecified atom stereocenters. The van der Waals surface area contributed by atoms with E-state index in [0.717, 1.165) is 18.5 Å². The van der Waals surface area contributed by atoms with Gasteiger partial charge in [-0.1, -0.05) is 55.6 Å². The summed E-state index contributed by atoms with van der Waals surface area (Å²) in [7, 11) is 0. The van der Waals surface area contributed by atoms with E-state index < -0.39 is 11.2 Å². The molecule has 2 N–H and O–H groups in total. The van der Waals surface area contributed by atoms with Crippen molar-refractivity contribution in [1.82, 2.24) is 4.90 Å². The van der Waals surface area contributed by atoms with Gasteiger partial charge in [0.1, 0.15) is 5.82 Å². The first-order valence-corrected chi connectivity index (χ1v) is 11.4. The Morgan fingerprint density at radius 3 is 2.55 bits per heavy atom. The zero-order valence-corrected chi connectivity index (χ0v) is 20.2. The maximum Gasteiger partial charge on any atom is 0.228 e. The first-order valence-electron chi connectivity index (χ1n) is 10.3. The lowest BCUT2D eigenvalue weighted by molar-refractivity contribution is -0.139. The fraction of sp³-hybridized carbons (Fsp3) is 0.435. The third kappa shape index (κ3) is 5.21. The summed E-state index contributed by atoms with van der Waals surface area (Å²) in [6.45, 7) is 7.53. The standard InChI is InChI=1S/C23H27Cl3FN3O/c1-4-23(2,3)22(31)29-8-7-16(13-29)30(15-5-6-21(28)19(26)10-15)12-14-9-20(27)18(25)11-17(14)24/h5-6,9-11,16H,4,7-8,12-13,28H2,1-3H3/t16-/m0/s1. The summed E-state index contributed by atoms with van der Waals surface area (Å²) >= 11 is 18.5. The Hall–Kier alpha value is -1.69. The van der Waals surface area contributed by atoms with Crippen LogP contribution in [0.5, 0.6) is 0 Å². The van der Waals surface area contributed by atoms with Crippen LogP contribution in [-0.2, 0) is 11.3 Å². The van der Waals surface area contributed by atoms with Crippen molar-refractivity contribution in [3.8, 4) is 0 Å². The lowest BCUT2D eigenvalue weighted by atomic mass is 9.88. The fourth-order valence-electron chi connectivity index (χ4n) is 3.75. The van der Waals surface area contributed by atoms with E-state index in [-0.39, 0.29) is 17.0 Å². The molecule has 2 aromatic carbocycles. The van der Waals surface area contributed by atoms with Gasteiger partial charge >= 0.3 is 0 Å². The number of hydrogen-bond acceptors (Lipinski definition) is 3. The number of nitrogens with zero attached hydrogens (tertiary/aromatic N) is 2. The molecule has 2 aromatic rings. The number of likely N-dealkylation sites (tertiary alicyclic amines) is 1. The molecule has 0 spiro atoms. The van der Waals surface area contributed by atoms with Gasteiger partial charge in [0, 0.05) is 41.8 Å². The minimum atomic E-state index is -0.524. The van der Waals surface area contributed by atoms with Gasteiger partial charge in [0.25, 0.3) is 0 Å². The van der Waals surface area contributed by atoms with Crippen LogP contribution < -0.4 is 10.6 Å². The molecule has 0 bridgehead atoms. The van der Waals surface area contributed by atoms with Crippen molar-refractivity contribution in [1.29, 1.82) is 0 Å². The maximum absolute atomic E-state index is 14.1. The molecule has 1 aliphatic heterocycles. The Balaban J connectivity index is 1.93. The molecule has 3 rings (SSSR count). The van der Waals surface area contributed by atoms with Crippen LogP contribution in [-0.4, -0.2) is 29.9 Å². The van der Waals surface area contributed by atoms with Crippen molar-refractivity contribution in [2.24, 2.45) is 5.41 Å². The van der Waals surface area contributed by atoms with E-state index in [1.54, 1.807) is 12.1 Å². The van der Waals surface area contributed by atoms with E-state index in [1.165, 1.54) is 12.1 Å². The molecule has 0 aliphatic carbocycles. The van der Waals surface area contributed by atoms with Gasteiger partial charge in [-0.15, -0.1) is 0 Å². The van der Waals surface area contributed by atoms with Crippen LogP contribution in [0.15, 0.2) is 30.3 Å². The third-order valence-corrected chi connectivity index (χ3v) is 7.07. The van der Waals surface area contributed by atoms with E-state index in [4.69, 9.17) is 40.5 Å². The van der Waals surface area contributed by atoms with E-state index in [9.17, 15) is 9.18 Å². The molecule has 1 fully saturated rings. The van der Waals surface area contributed by atoms with Crippen LogP contribution in [0.3, 0.4) is 0 Å². The minimum Gasteiger partial charge on any atom is -0.398 e. The predicted molar refractivity (Wildman–Crippen MR) is 128 cm³/mol. The summed E-state index contributed by atoms with van der Waals surface area (Å²) in [5.74, 6) is -0.382. The molecule has 1 saturated heterocycles. The fourth-order valence-corrected chi connectivity index (χ4v) is 4.37. The summed E-state index contributed by atoms with van der Waals surface area (Å²) in [5.41, 5.74) is 7.40. The number of nitrogens with two attached hydrogens (primary N) is 1. The highest BCUT2D eigenvalue weighted by atomic mass is 35.5. The van der Waals surface area contributed by atoms with Crippen LogP contribution in [0.1, 0.15) is 39.2 Å². The summed E-state index contributed by atoms with van der Waals surface area (Å²) < 4.78 is 14.1. The second kappa shape index (κ2) is 9.43. The summed E-state index contributed by atoms with van der Waals surface area (Å²) in [6.07, 6.45) is 1.55.